The molecule has 0 bridgehead atoms. The monoisotopic (exact) mass is 280 g/mol. The number of halogens is 4. The van der Waals surface area contributed by atoms with Crippen molar-refractivity contribution < 1.29 is 0 Å². The van der Waals surface area contributed by atoms with Crippen LogP contribution in [0, 0.1) is 12.3 Å². The maximum atomic E-state index is 6.06. The lowest BCUT2D eigenvalue weighted by Crippen LogP contribution is -1.96. The van der Waals surface area contributed by atoms with Crippen molar-refractivity contribution in [2.75, 3.05) is 0 Å². The van der Waals surface area contributed by atoms with Gasteiger partial charge in [-0.3, -0.25) is 0 Å². The van der Waals surface area contributed by atoms with E-state index in [-0.39, 0.29) is 5.92 Å². The van der Waals surface area contributed by atoms with Gasteiger partial charge in [-0.15, -0.1) is 12.3 Å². The summed E-state index contributed by atoms with van der Waals surface area (Å²) in [5.41, 5.74) is 0.716. The van der Waals surface area contributed by atoms with Crippen LogP contribution in [0.4, 0.5) is 0 Å². The van der Waals surface area contributed by atoms with Gasteiger partial charge in [-0.2, -0.15) is 0 Å². The van der Waals surface area contributed by atoms with Gasteiger partial charge in [-0.05, 0) is 17.5 Å². The van der Waals surface area contributed by atoms with E-state index in [0.717, 1.165) is 0 Å². The molecule has 1 unspecified atom stereocenters. The molecule has 0 aliphatic rings. The quantitative estimate of drug-likeness (QED) is 0.501. The van der Waals surface area contributed by atoms with E-state index in [4.69, 9.17) is 52.8 Å². The average molecular weight is 282 g/mol. The Bertz CT molecular complexity index is 391. The lowest BCUT2D eigenvalue weighted by atomic mass is 9.98. The van der Waals surface area contributed by atoms with Gasteiger partial charge in [0.05, 0.1) is 20.1 Å². The molecule has 0 nitrogen and oxygen atoms in total. The maximum absolute atomic E-state index is 6.06. The number of rotatable bonds is 2. The first-order valence-electron chi connectivity index (χ1n) is 4.25. The highest BCUT2D eigenvalue weighted by Crippen LogP contribution is 2.41. The van der Waals surface area contributed by atoms with Gasteiger partial charge in [0, 0.05) is 6.42 Å². The van der Waals surface area contributed by atoms with Gasteiger partial charge in [0.25, 0.3) is 0 Å². The molecule has 0 aliphatic carbocycles. The summed E-state index contributed by atoms with van der Waals surface area (Å²) in [4.78, 5) is 0. The molecule has 0 aromatic heterocycles. The molecule has 0 saturated heterocycles. The SMILES string of the molecule is C#CCC(C)c1c(Cl)c(Cl)cc(Cl)c1Cl. The Balaban J connectivity index is 3.33. The lowest BCUT2D eigenvalue weighted by Gasteiger charge is -2.15. The zero-order valence-electron chi connectivity index (χ0n) is 7.95. The first-order valence-corrected chi connectivity index (χ1v) is 5.76. The van der Waals surface area contributed by atoms with E-state index in [1.165, 1.54) is 6.07 Å². The topological polar surface area (TPSA) is 0 Å². The van der Waals surface area contributed by atoms with Gasteiger partial charge in [0.2, 0.25) is 0 Å². The Kier molecular flexibility index (Phi) is 4.62. The Morgan fingerprint density at radius 1 is 1.20 bits per heavy atom. The molecular formula is C11H8Cl4. The smallest absolute Gasteiger partial charge is 0.0643 e. The fraction of sp³-hybridized carbons (Fsp3) is 0.273. The molecule has 0 aliphatic heterocycles. The number of terminal acetylenes is 1. The van der Waals surface area contributed by atoms with Crippen LogP contribution in [-0.2, 0) is 0 Å². The molecule has 1 aromatic carbocycles. The molecule has 1 rings (SSSR count). The largest absolute Gasteiger partial charge is 0.120 e. The second kappa shape index (κ2) is 5.32. The standard InChI is InChI=1S/C11H8Cl4/c1-3-4-6(2)9-10(14)7(12)5-8(13)11(9)15/h1,5-6H,4H2,2H3. The molecule has 80 valence electrons. The lowest BCUT2D eigenvalue weighted by molar-refractivity contribution is 0.797. The summed E-state index contributed by atoms with van der Waals surface area (Å²) in [6.45, 7) is 1.93. The minimum atomic E-state index is 0.0335. The van der Waals surface area contributed by atoms with Crippen LogP contribution in [-0.4, -0.2) is 0 Å². The third-order valence-corrected chi connectivity index (χ3v) is 3.67. The summed E-state index contributed by atoms with van der Waals surface area (Å²) in [7, 11) is 0. The molecule has 0 fully saturated rings. The predicted octanol–water partition coefficient (Wildman–Crippen LogP) is 5.43. The Morgan fingerprint density at radius 3 is 2.07 bits per heavy atom. The van der Waals surface area contributed by atoms with E-state index in [9.17, 15) is 0 Å². The van der Waals surface area contributed by atoms with Gasteiger partial charge in [0.1, 0.15) is 0 Å². The first kappa shape index (κ1) is 13.0. The minimum Gasteiger partial charge on any atom is -0.120 e. The third kappa shape index (κ3) is 2.74. The molecule has 0 saturated carbocycles. The van der Waals surface area contributed by atoms with Crippen molar-refractivity contribution in [3.8, 4) is 12.3 Å². The van der Waals surface area contributed by atoms with E-state index in [0.29, 0.717) is 32.1 Å². The predicted molar refractivity (Wildman–Crippen MR) is 68.3 cm³/mol. The fourth-order valence-electron chi connectivity index (χ4n) is 1.30. The van der Waals surface area contributed by atoms with Crippen LogP contribution >= 0.6 is 46.4 Å². The molecule has 0 amide bonds. The molecule has 0 heterocycles. The second-order valence-corrected chi connectivity index (χ2v) is 4.76. The minimum absolute atomic E-state index is 0.0335. The molecule has 1 aromatic rings. The summed E-state index contributed by atoms with van der Waals surface area (Å²) in [6.07, 6.45) is 5.78. The van der Waals surface area contributed by atoms with Crippen molar-refractivity contribution in [1.29, 1.82) is 0 Å². The highest BCUT2D eigenvalue weighted by Gasteiger charge is 2.18. The number of benzene rings is 1. The normalized spacial score (nSPS) is 12.3. The van der Waals surface area contributed by atoms with Crippen LogP contribution < -0.4 is 0 Å². The zero-order chi connectivity index (χ0) is 11.6. The average Bonchev–Trinajstić information content (AvgIpc) is 2.16. The summed E-state index contributed by atoms with van der Waals surface area (Å²) >= 11 is 23.9. The van der Waals surface area contributed by atoms with E-state index in [1.54, 1.807) is 0 Å². The van der Waals surface area contributed by atoms with E-state index in [1.807, 2.05) is 6.92 Å². The Labute approximate surface area is 109 Å². The zero-order valence-corrected chi connectivity index (χ0v) is 11.0. The summed E-state index contributed by atoms with van der Waals surface area (Å²) in [5, 5.41) is 1.64. The van der Waals surface area contributed by atoms with Crippen LogP contribution in [0.1, 0.15) is 24.8 Å². The molecule has 0 radical (unpaired) electrons. The third-order valence-electron chi connectivity index (χ3n) is 2.06. The highest BCUT2D eigenvalue weighted by molar-refractivity contribution is 6.48. The van der Waals surface area contributed by atoms with Gasteiger partial charge < -0.3 is 0 Å². The Morgan fingerprint density at radius 2 is 1.67 bits per heavy atom. The van der Waals surface area contributed by atoms with Gasteiger partial charge >= 0.3 is 0 Å². The fourth-order valence-corrected chi connectivity index (χ4v) is 2.50. The highest BCUT2D eigenvalue weighted by atomic mass is 35.5. The number of hydrogen-bond acceptors (Lipinski definition) is 0. The van der Waals surface area contributed by atoms with Crippen molar-refractivity contribution in [3.63, 3.8) is 0 Å². The molecular weight excluding hydrogens is 274 g/mol. The van der Waals surface area contributed by atoms with Crippen LogP contribution in [0.15, 0.2) is 6.07 Å². The number of hydrogen-bond donors (Lipinski definition) is 0. The Hall–Kier alpha value is -0.0600. The molecule has 4 heteroatoms. The second-order valence-electron chi connectivity index (χ2n) is 3.19. The summed E-state index contributed by atoms with van der Waals surface area (Å²) < 4.78 is 0. The molecule has 0 N–H and O–H groups in total. The molecule has 0 spiro atoms. The van der Waals surface area contributed by atoms with Gasteiger partial charge in [-0.25, -0.2) is 0 Å². The summed E-state index contributed by atoms with van der Waals surface area (Å²) in [6, 6.07) is 1.53. The van der Waals surface area contributed by atoms with Crippen molar-refractivity contribution in [1.82, 2.24) is 0 Å². The van der Waals surface area contributed by atoms with Gasteiger partial charge in [-0.1, -0.05) is 53.3 Å². The van der Waals surface area contributed by atoms with E-state index >= 15 is 0 Å². The van der Waals surface area contributed by atoms with Gasteiger partial charge in [0.15, 0.2) is 0 Å². The van der Waals surface area contributed by atoms with Crippen LogP contribution in [0.5, 0.6) is 0 Å². The van der Waals surface area contributed by atoms with Crippen LogP contribution in [0.25, 0.3) is 0 Å². The molecule has 1 atom stereocenters. The van der Waals surface area contributed by atoms with E-state index < -0.39 is 0 Å². The van der Waals surface area contributed by atoms with Crippen molar-refractivity contribution in [3.05, 3.63) is 31.7 Å². The van der Waals surface area contributed by atoms with Crippen LogP contribution in [0.2, 0.25) is 20.1 Å². The van der Waals surface area contributed by atoms with Crippen molar-refractivity contribution >= 4 is 46.4 Å². The van der Waals surface area contributed by atoms with Crippen molar-refractivity contribution in [2.45, 2.75) is 19.3 Å². The van der Waals surface area contributed by atoms with E-state index in [2.05, 4.69) is 5.92 Å². The summed E-state index contributed by atoms with van der Waals surface area (Å²) in [5.74, 6) is 2.59. The molecule has 15 heavy (non-hydrogen) atoms. The van der Waals surface area contributed by atoms with Crippen LogP contribution in [0.3, 0.4) is 0 Å². The van der Waals surface area contributed by atoms with Crippen molar-refractivity contribution in [2.24, 2.45) is 0 Å². The maximum Gasteiger partial charge on any atom is 0.0643 e. The first-order chi connectivity index (χ1) is 6.99.